The van der Waals surface area contributed by atoms with Gasteiger partial charge in [0.2, 0.25) is 5.75 Å². The molecule has 0 spiro atoms. The van der Waals surface area contributed by atoms with Crippen LogP contribution < -0.4 is 24.4 Å². The van der Waals surface area contributed by atoms with Gasteiger partial charge in [-0.3, -0.25) is 4.57 Å². The van der Waals surface area contributed by atoms with Crippen LogP contribution in [0.15, 0.2) is 36.4 Å². The normalized spacial score (nSPS) is 14.1. The molecule has 8 heteroatoms. The van der Waals surface area contributed by atoms with E-state index >= 15 is 0 Å². The van der Waals surface area contributed by atoms with E-state index in [2.05, 4.69) is 13.8 Å². The predicted octanol–water partition coefficient (Wildman–Crippen LogP) is 4.44. The van der Waals surface area contributed by atoms with Gasteiger partial charge < -0.3 is 28.7 Å². The van der Waals surface area contributed by atoms with E-state index in [9.17, 15) is 9.67 Å². The highest BCUT2D eigenvalue weighted by Crippen LogP contribution is 2.59. The average molecular weight is 452 g/mol. The number of nitrogens with zero attached hydrogens (tertiary/aromatic N) is 1. The number of aliphatic hydroxyl groups is 1. The van der Waals surface area contributed by atoms with Crippen molar-refractivity contribution in [3.63, 3.8) is 0 Å². The summed E-state index contributed by atoms with van der Waals surface area (Å²) in [6, 6.07) is 10.4. The van der Waals surface area contributed by atoms with Crippen LogP contribution in [0.4, 0.5) is 5.69 Å². The highest BCUT2D eigenvalue weighted by Gasteiger charge is 2.37. The molecule has 0 aliphatic carbocycles. The first-order chi connectivity index (χ1) is 14.7. The summed E-state index contributed by atoms with van der Waals surface area (Å²) in [5.41, 5.74) is 1.32. The topological polar surface area (TPSA) is 77.5 Å². The van der Waals surface area contributed by atoms with Crippen molar-refractivity contribution in [3.05, 3.63) is 42.0 Å². The SMILES string of the molecule is COc1cc([C@@H](O)[P@](=O)(OCCC(C)C)c2ccc(N(C)C)cc2)cc(OC)c1OC. The Morgan fingerprint density at radius 1 is 0.968 bits per heavy atom. The summed E-state index contributed by atoms with van der Waals surface area (Å²) < 4.78 is 36.2. The standard InChI is InChI=1S/C23H34NO6P/c1-16(2)12-13-30-31(26,19-10-8-18(9-11-19)24(3)4)23(25)17-14-20(27-5)22(29-7)21(15-17)28-6/h8-11,14-16,23,25H,12-13H2,1-7H3/t23-,31+/m0/s1. The Morgan fingerprint density at radius 3 is 1.94 bits per heavy atom. The van der Waals surface area contributed by atoms with Crippen LogP contribution in [-0.4, -0.2) is 47.1 Å². The summed E-state index contributed by atoms with van der Waals surface area (Å²) >= 11 is 0. The minimum atomic E-state index is -3.69. The number of methoxy groups -OCH3 is 3. The Balaban J connectivity index is 2.54. The molecule has 0 fully saturated rings. The van der Waals surface area contributed by atoms with Gasteiger partial charge in [-0.2, -0.15) is 0 Å². The van der Waals surface area contributed by atoms with Crippen LogP contribution in [0.5, 0.6) is 17.2 Å². The first-order valence-electron chi connectivity index (χ1n) is 10.2. The molecule has 0 radical (unpaired) electrons. The fourth-order valence-corrected chi connectivity index (χ4v) is 5.17. The van der Waals surface area contributed by atoms with Crippen LogP contribution >= 0.6 is 7.37 Å². The molecule has 0 unspecified atom stereocenters. The number of rotatable bonds is 11. The molecule has 2 rings (SSSR count). The van der Waals surface area contributed by atoms with Crippen molar-refractivity contribution >= 4 is 18.4 Å². The third kappa shape index (κ3) is 5.73. The number of anilines is 1. The number of hydrogen-bond donors (Lipinski definition) is 1. The summed E-state index contributed by atoms with van der Waals surface area (Å²) in [4.78, 5) is 1.95. The largest absolute Gasteiger partial charge is 0.493 e. The maximum atomic E-state index is 14.1. The van der Waals surface area contributed by atoms with Crippen molar-refractivity contribution in [3.8, 4) is 17.2 Å². The molecular formula is C23H34NO6P. The molecule has 2 atom stereocenters. The lowest BCUT2D eigenvalue weighted by Gasteiger charge is -2.26. The monoisotopic (exact) mass is 451 g/mol. The van der Waals surface area contributed by atoms with Crippen molar-refractivity contribution < 1.29 is 28.4 Å². The van der Waals surface area contributed by atoms with E-state index in [0.29, 0.717) is 34.0 Å². The minimum absolute atomic E-state index is 0.270. The number of benzene rings is 2. The molecule has 0 aliphatic heterocycles. The molecule has 0 aromatic heterocycles. The molecule has 31 heavy (non-hydrogen) atoms. The van der Waals surface area contributed by atoms with Gasteiger partial charge in [-0.1, -0.05) is 13.8 Å². The lowest BCUT2D eigenvalue weighted by atomic mass is 10.2. The summed E-state index contributed by atoms with van der Waals surface area (Å²) in [5.74, 6) is 0.105. The van der Waals surface area contributed by atoms with E-state index in [1.54, 1.807) is 24.3 Å². The molecular weight excluding hydrogens is 417 g/mol. The van der Waals surface area contributed by atoms with Crippen LogP contribution in [0.3, 0.4) is 0 Å². The van der Waals surface area contributed by atoms with Crippen LogP contribution in [0, 0.1) is 5.92 Å². The Kier molecular flexibility index (Phi) is 8.80. The molecule has 172 valence electrons. The molecule has 0 bridgehead atoms. The lowest BCUT2D eigenvalue weighted by molar-refractivity contribution is 0.208. The summed E-state index contributed by atoms with van der Waals surface area (Å²) in [5, 5.41) is 11.7. The first-order valence-corrected chi connectivity index (χ1v) is 11.9. The number of aliphatic hydroxyl groups excluding tert-OH is 1. The van der Waals surface area contributed by atoms with E-state index in [1.165, 1.54) is 21.3 Å². The average Bonchev–Trinajstić information content (AvgIpc) is 2.76. The van der Waals surface area contributed by atoms with E-state index in [0.717, 1.165) is 12.1 Å². The summed E-state index contributed by atoms with van der Waals surface area (Å²) in [6.07, 6.45) is 0.724. The molecule has 2 aromatic rings. The fraction of sp³-hybridized carbons (Fsp3) is 0.478. The van der Waals surface area contributed by atoms with Gasteiger partial charge in [0.25, 0.3) is 7.37 Å². The van der Waals surface area contributed by atoms with Gasteiger partial charge in [0.15, 0.2) is 17.3 Å². The molecule has 0 amide bonds. The maximum absolute atomic E-state index is 14.1. The van der Waals surface area contributed by atoms with Gasteiger partial charge in [-0.25, -0.2) is 0 Å². The van der Waals surface area contributed by atoms with E-state index in [-0.39, 0.29) is 6.61 Å². The molecule has 0 heterocycles. The van der Waals surface area contributed by atoms with Crippen molar-refractivity contribution in [1.82, 2.24) is 0 Å². The van der Waals surface area contributed by atoms with Crippen molar-refractivity contribution in [2.45, 2.75) is 26.1 Å². The molecule has 1 N–H and O–H groups in total. The van der Waals surface area contributed by atoms with Crippen LogP contribution in [-0.2, 0) is 9.09 Å². The van der Waals surface area contributed by atoms with E-state index in [4.69, 9.17) is 18.7 Å². The number of ether oxygens (including phenoxy) is 3. The Bertz CT molecular complexity index is 872. The van der Waals surface area contributed by atoms with Crippen molar-refractivity contribution in [2.75, 3.05) is 46.9 Å². The third-order valence-electron chi connectivity index (χ3n) is 5.01. The highest BCUT2D eigenvalue weighted by atomic mass is 31.2. The van der Waals surface area contributed by atoms with Gasteiger partial charge in [-0.15, -0.1) is 0 Å². The lowest BCUT2D eigenvalue weighted by Crippen LogP contribution is -2.17. The second-order valence-electron chi connectivity index (χ2n) is 7.86. The van der Waals surface area contributed by atoms with Crippen LogP contribution in [0.1, 0.15) is 31.7 Å². The van der Waals surface area contributed by atoms with Gasteiger partial charge in [-0.05, 0) is 54.3 Å². The third-order valence-corrected chi connectivity index (χ3v) is 7.54. The van der Waals surface area contributed by atoms with E-state index in [1.807, 2.05) is 31.1 Å². The maximum Gasteiger partial charge on any atom is 0.264 e. The van der Waals surface area contributed by atoms with Gasteiger partial charge in [0.05, 0.1) is 27.9 Å². The Hall–Kier alpha value is -2.21. The second-order valence-corrected chi connectivity index (χ2v) is 10.3. The zero-order valence-corrected chi connectivity index (χ0v) is 20.3. The molecule has 2 aromatic carbocycles. The zero-order chi connectivity index (χ0) is 23.2. The van der Waals surface area contributed by atoms with Gasteiger partial charge in [0.1, 0.15) is 0 Å². The molecule has 0 saturated heterocycles. The fourth-order valence-electron chi connectivity index (χ4n) is 3.12. The predicted molar refractivity (Wildman–Crippen MR) is 124 cm³/mol. The first kappa shape index (κ1) is 25.1. The van der Waals surface area contributed by atoms with Crippen LogP contribution in [0.2, 0.25) is 0 Å². The van der Waals surface area contributed by atoms with Crippen molar-refractivity contribution in [1.29, 1.82) is 0 Å². The summed E-state index contributed by atoms with van der Waals surface area (Å²) in [7, 11) is 4.66. The Labute approximate surface area is 185 Å². The quantitative estimate of drug-likeness (QED) is 0.506. The minimum Gasteiger partial charge on any atom is -0.493 e. The second kappa shape index (κ2) is 10.9. The molecule has 0 saturated carbocycles. The van der Waals surface area contributed by atoms with Gasteiger partial charge in [0, 0.05) is 25.1 Å². The van der Waals surface area contributed by atoms with Gasteiger partial charge >= 0.3 is 0 Å². The van der Waals surface area contributed by atoms with Crippen LogP contribution in [0.25, 0.3) is 0 Å². The Morgan fingerprint density at radius 2 is 1.52 bits per heavy atom. The smallest absolute Gasteiger partial charge is 0.264 e. The number of hydrogen-bond acceptors (Lipinski definition) is 7. The summed E-state index contributed by atoms with van der Waals surface area (Å²) in [6.45, 7) is 4.40. The molecule has 0 aliphatic rings. The molecule has 7 nitrogen and oxygen atoms in total. The highest BCUT2D eigenvalue weighted by molar-refractivity contribution is 7.67. The van der Waals surface area contributed by atoms with E-state index < -0.39 is 13.2 Å². The zero-order valence-electron chi connectivity index (χ0n) is 19.4. The van der Waals surface area contributed by atoms with Crippen molar-refractivity contribution in [2.24, 2.45) is 5.92 Å².